The van der Waals surface area contributed by atoms with Crippen LogP contribution in [0.3, 0.4) is 0 Å². The highest BCUT2D eigenvalue weighted by Crippen LogP contribution is 2.33. The summed E-state index contributed by atoms with van der Waals surface area (Å²) in [6, 6.07) is 2.33. The predicted octanol–water partition coefficient (Wildman–Crippen LogP) is 2.58. The fraction of sp³-hybridized carbons (Fsp3) is 0.364. The summed E-state index contributed by atoms with van der Waals surface area (Å²) >= 11 is 11.6. The maximum atomic E-state index is 11.3. The van der Waals surface area contributed by atoms with Gasteiger partial charge in [0.1, 0.15) is 5.69 Å². The van der Waals surface area contributed by atoms with Crippen molar-refractivity contribution in [2.45, 2.75) is 0 Å². The van der Waals surface area contributed by atoms with Gasteiger partial charge in [-0.25, -0.2) is 4.79 Å². The monoisotopic (exact) mass is 320 g/mol. The van der Waals surface area contributed by atoms with Crippen molar-refractivity contribution in [1.29, 1.82) is 0 Å². The molecule has 7 nitrogen and oxygen atoms in total. The number of nitro groups is 1. The first kappa shape index (κ1) is 16.3. The maximum Gasteiger partial charge on any atom is 0.316 e. The van der Waals surface area contributed by atoms with Gasteiger partial charge in [-0.2, -0.15) is 0 Å². The molecule has 1 aromatic carbocycles. The molecule has 1 aromatic rings. The molecule has 1 rings (SSSR count). The van der Waals surface area contributed by atoms with Crippen LogP contribution in [-0.2, 0) is 0 Å². The fourth-order valence-corrected chi connectivity index (χ4v) is 1.68. The van der Waals surface area contributed by atoms with Crippen molar-refractivity contribution in [1.82, 2.24) is 10.2 Å². The summed E-state index contributed by atoms with van der Waals surface area (Å²) in [5, 5.41) is 16.7. The Hall–Kier alpha value is -1.73. The van der Waals surface area contributed by atoms with Gasteiger partial charge in [0, 0.05) is 33.3 Å². The van der Waals surface area contributed by atoms with Gasteiger partial charge in [0.15, 0.2) is 0 Å². The van der Waals surface area contributed by atoms with Gasteiger partial charge < -0.3 is 15.5 Å². The summed E-state index contributed by atoms with van der Waals surface area (Å²) in [6.45, 7) is 0.632. The van der Waals surface area contributed by atoms with Crippen LogP contribution >= 0.6 is 23.2 Å². The summed E-state index contributed by atoms with van der Waals surface area (Å²) in [5.41, 5.74) is 0.0850. The number of halogens is 2. The van der Waals surface area contributed by atoms with Gasteiger partial charge >= 0.3 is 6.03 Å². The lowest BCUT2D eigenvalue weighted by molar-refractivity contribution is -0.383. The minimum absolute atomic E-state index is 0.116. The Morgan fingerprint density at radius 2 is 1.90 bits per heavy atom. The quantitative estimate of drug-likeness (QED) is 0.496. The molecular formula is C11H14Cl2N4O3. The molecule has 20 heavy (non-hydrogen) atoms. The van der Waals surface area contributed by atoms with Gasteiger partial charge in [-0.1, -0.05) is 23.2 Å². The zero-order valence-electron chi connectivity index (χ0n) is 10.9. The van der Waals surface area contributed by atoms with E-state index in [0.717, 1.165) is 0 Å². The first-order valence-corrected chi connectivity index (χ1v) is 6.41. The van der Waals surface area contributed by atoms with Crippen LogP contribution in [0, 0.1) is 10.1 Å². The average Bonchev–Trinajstić information content (AvgIpc) is 2.37. The van der Waals surface area contributed by atoms with Crippen molar-refractivity contribution in [3.8, 4) is 0 Å². The highest BCUT2D eigenvalue weighted by atomic mass is 35.5. The average molecular weight is 321 g/mol. The summed E-state index contributed by atoms with van der Waals surface area (Å²) in [4.78, 5) is 23.0. The van der Waals surface area contributed by atoms with Crippen LogP contribution in [0.25, 0.3) is 0 Å². The number of nitrogens with zero attached hydrogens (tertiary/aromatic N) is 2. The number of hydrogen-bond donors (Lipinski definition) is 2. The molecular weight excluding hydrogens is 307 g/mol. The van der Waals surface area contributed by atoms with Crippen molar-refractivity contribution < 1.29 is 9.72 Å². The molecule has 0 radical (unpaired) electrons. The lowest BCUT2D eigenvalue weighted by atomic mass is 10.2. The Balaban J connectivity index is 2.66. The van der Waals surface area contributed by atoms with Crippen molar-refractivity contribution in [3.63, 3.8) is 0 Å². The van der Waals surface area contributed by atoms with Gasteiger partial charge in [0.25, 0.3) is 5.69 Å². The predicted molar refractivity (Wildman–Crippen MR) is 78.7 cm³/mol. The summed E-state index contributed by atoms with van der Waals surface area (Å²) in [6.07, 6.45) is 0. The number of amides is 2. The molecule has 0 saturated carbocycles. The number of urea groups is 1. The van der Waals surface area contributed by atoms with Crippen LogP contribution in [0.1, 0.15) is 0 Å². The van der Waals surface area contributed by atoms with E-state index in [-0.39, 0.29) is 27.5 Å². The largest absolute Gasteiger partial charge is 0.378 e. The van der Waals surface area contributed by atoms with E-state index in [0.29, 0.717) is 13.1 Å². The first-order chi connectivity index (χ1) is 9.32. The van der Waals surface area contributed by atoms with Gasteiger partial charge in [-0.15, -0.1) is 0 Å². The second-order valence-corrected chi connectivity index (χ2v) is 4.91. The number of rotatable bonds is 5. The molecule has 0 aliphatic heterocycles. The van der Waals surface area contributed by atoms with Gasteiger partial charge in [0.2, 0.25) is 0 Å². The number of anilines is 1. The third-order valence-electron chi connectivity index (χ3n) is 2.36. The molecule has 0 heterocycles. The molecule has 2 amide bonds. The van der Waals surface area contributed by atoms with Gasteiger partial charge in [-0.3, -0.25) is 10.1 Å². The fourth-order valence-electron chi connectivity index (χ4n) is 1.35. The van der Waals surface area contributed by atoms with E-state index in [1.807, 2.05) is 0 Å². The van der Waals surface area contributed by atoms with Gasteiger partial charge in [-0.05, 0) is 6.07 Å². The Kier molecular flexibility index (Phi) is 5.84. The molecule has 0 aliphatic rings. The number of hydrogen-bond acceptors (Lipinski definition) is 4. The molecule has 0 bridgehead atoms. The lowest BCUT2D eigenvalue weighted by Crippen LogP contribution is -2.37. The standard InChI is InChI=1S/C11H14Cl2N4O3/c1-16(2)11(18)15-4-3-14-9-5-7(12)8(13)6-10(9)17(19)20/h5-6,14H,3-4H2,1-2H3,(H,15,18). The molecule has 0 atom stereocenters. The zero-order valence-corrected chi connectivity index (χ0v) is 12.5. The van der Waals surface area contributed by atoms with Crippen molar-refractivity contribution in [2.24, 2.45) is 0 Å². The maximum absolute atomic E-state index is 11.3. The summed E-state index contributed by atoms with van der Waals surface area (Å²) in [7, 11) is 3.24. The van der Waals surface area contributed by atoms with Crippen molar-refractivity contribution >= 4 is 40.6 Å². The van der Waals surface area contributed by atoms with Crippen LogP contribution in [0.2, 0.25) is 10.0 Å². The first-order valence-electron chi connectivity index (χ1n) is 5.65. The van der Waals surface area contributed by atoms with Gasteiger partial charge in [0.05, 0.1) is 15.0 Å². The molecule has 0 fully saturated rings. The summed E-state index contributed by atoms with van der Waals surface area (Å²) in [5.74, 6) is 0. The van der Waals surface area contributed by atoms with Crippen molar-refractivity contribution in [2.75, 3.05) is 32.5 Å². The van der Waals surface area contributed by atoms with Crippen molar-refractivity contribution in [3.05, 3.63) is 32.3 Å². The van der Waals surface area contributed by atoms with E-state index < -0.39 is 4.92 Å². The van der Waals surface area contributed by atoms with E-state index in [4.69, 9.17) is 23.2 Å². The van der Waals surface area contributed by atoms with Crippen LogP contribution in [0.5, 0.6) is 0 Å². The SMILES string of the molecule is CN(C)C(=O)NCCNc1cc(Cl)c(Cl)cc1[N+](=O)[O-]. The third-order valence-corrected chi connectivity index (χ3v) is 3.08. The Morgan fingerprint density at radius 1 is 1.30 bits per heavy atom. The number of carbonyl (C=O) groups excluding carboxylic acids is 1. The van der Waals surface area contributed by atoms with E-state index in [1.54, 1.807) is 14.1 Å². The molecule has 0 unspecified atom stereocenters. The highest BCUT2D eigenvalue weighted by molar-refractivity contribution is 6.42. The molecule has 0 aromatic heterocycles. The summed E-state index contributed by atoms with van der Waals surface area (Å²) < 4.78 is 0. The Morgan fingerprint density at radius 3 is 2.45 bits per heavy atom. The molecule has 0 aliphatic carbocycles. The molecule has 110 valence electrons. The minimum atomic E-state index is -0.553. The van der Waals surface area contributed by atoms with E-state index in [1.165, 1.54) is 17.0 Å². The normalized spacial score (nSPS) is 10.0. The number of benzene rings is 1. The van der Waals surface area contributed by atoms with E-state index >= 15 is 0 Å². The Bertz CT molecular complexity index is 523. The van der Waals surface area contributed by atoms with Crippen LogP contribution < -0.4 is 10.6 Å². The molecule has 0 spiro atoms. The Labute approximate surface area is 126 Å². The smallest absolute Gasteiger partial charge is 0.316 e. The van der Waals surface area contributed by atoms with E-state index in [2.05, 4.69) is 10.6 Å². The molecule has 0 saturated heterocycles. The topological polar surface area (TPSA) is 87.5 Å². The highest BCUT2D eigenvalue weighted by Gasteiger charge is 2.16. The lowest BCUT2D eigenvalue weighted by Gasteiger charge is -2.13. The van der Waals surface area contributed by atoms with E-state index in [9.17, 15) is 14.9 Å². The zero-order chi connectivity index (χ0) is 15.3. The second kappa shape index (κ2) is 7.16. The number of carbonyl (C=O) groups is 1. The van der Waals surface area contributed by atoms with Crippen LogP contribution in [0.4, 0.5) is 16.2 Å². The molecule has 2 N–H and O–H groups in total. The second-order valence-electron chi connectivity index (χ2n) is 4.09. The van der Waals surface area contributed by atoms with Crippen LogP contribution in [0.15, 0.2) is 12.1 Å². The number of nitro benzene ring substituents is 1. The minimum Gasteiger partial charge on any atom is -0.378 e. The van der Waals surface area contributed by atoms with Crippen LogP contribution in [-0.4, -0.2) is 43.0 Å². The third kappa shape index (κ3) is 4.43. The molecule has 9 heteroatoms. The number of nitrogens with one attached hydrogen (secondary N) is 2.